The number of benzene rings is 2. The predicted octanol–water partition coefficient (Wildman–Crippen LogP) is 3.71. The number of aromatic nitrogens is 1. The van der Waals surface area contributed by atoms with Gasteiger partial charge in [-0.25, -0.2) is 9.18 Å². The molecule has 2 aromatic carbocycles. The molecule has 0 aliphatic rings. The molecule has 0 atom stereocenters. The van der Waals surface area contributed by atoms with E-state index in [1.807, 2.05) is 17.6 Å². The summed E-state index contributed by atoms with van der Waals surface area (Å²) < 4.78 is 20.8. The first-order valence-electron chi connectivity index (χ1n) is 8.64. The van der Waals surface area contributed by atoms with Gasteiger partial charge >= 0.3 is 5.97 Å². The number of nitrogens with zero attached hydrogens (tertiary/aromatic N) is 2. The molecule has 0 fully saturated rings. The Hall–Kier alpha value is -2.80. The van der Waals surface area contributed by atoms with Crippen molar-refractivity contribution < 1.29 is 18.7 Å². The summed E-state index contributed by atoms with van der Waals surface area (Å²) in [6, 6.07) is 11.1. The lowest BCUT2D eigenvalue weighted by Gasteiger charge is -2.03. The molecule has 7 heteroatoms. The topological polar surface area (TPSA) is 60.7 Å². The fourth-order valence-corrected chi connectivity index (χ4v) is 3.88. The Balaban J connectivity index is 1.94. The molecule has 0 saturated heterocycles. The highest BCUT2D eigenvalue weighted by molar-refractivity contribution is 7.16. The molecule has 0 aliphatic carbocycles. The minimum Gasteiger partial charge on any atom is -0.462 e. The van der Waals surface area contributed by atoms with Crippen LogP contribution < -0.4 is 4.80 Å². The van der Waals surface area contributed by atoms with Crippen molar-refractivity contribution in [3.8, 4) is 0 Å². The van der Waals surface area contributed by atoms with Crippen molar-refractivity contribution in [1.29, 1.82) is 0 Å². The first kappa shape index (κ1) is 19.0. The van der Waals surface area contributed by atoms with E-state index in [4.69, 9.17) is 4.74 Å². The molecule has 0 unspecified atom stereocenters. The molecule has 0 aliphatic heterocycles. The third-order valence-electron chi connectivity index (χ3n) is 4.00. The van der Waals surface area contributed by atoms with Crippen LogP contribution in [0.5, 0.6) is 0 Å². The van der Waals surface area contributed by atoms with Gasteiger partial charge in [0.25, 0.3) is 5.91 Å². The van der Waals surface area contributed by atoms with Crippen LogP contribution in [0.1, 0.15) is 29.8 Å². The van der Waals surface area contributed by atoms with Gasteiger partial charge < -0.3 is 9.30 Å². The Morgan fingerprint density at radius 2 is 1.89 bits per heavy atom. The maximum Gasteiger partial charge on any atom is 0.338 e. The predicted molar refractivity (Wildman–Crippen MR) is 102 cm³/mol. The quantitative estimate of drug-likeness (QED) is 0.628. The number of hydrogen-bond donors (Lipinski definition) is 0. The minimum atomic E-state index is -0.373. The largest absolute Gasteiger partial charge is 0.462 e. The standard InChI is InChI=1S/C20H19FN2O3S/c1-3-23-16-10-7-14(19(25)26-4-2)12-17(16)27-20(23)22-18(24)11-13-5-8-15(21)9-6-13/h5-10,12H,3-4,11H2,1-2H3. The monoisotopic (exact) mass is 386 g/mol. The van der Waals surface area contributed by atoms with Crippen LogP contribution in [0, 0.1) is 5.82 Å². The first-order chi connectivity index (χ1) is 13.0. The number of carbonyl (C=O) groups is 2. The zero-order chi connectivity index (χ0) is 19.4. The van der Waals surface area contributed by atoms with Crippen molar-refractivity contribution in [2.24, 2.45) is 4.99 Å². The molecule has 5 nitrogen and oxygen atoms in total. The second-order valence-corrected chi connectivity index (χ2v) is 6.85. The van der Waals surface area contributed by atoms with Gasteiger partial charge in [-0.3, -0.25) is 4.79 Å². The SMILES string of the molecule is CCOC(=O)c1ccc2c(c1)sc(=NC(=O)Cc1ccc(F)cc1)n2CC. The molecular weight excluding hydrogens is 367 g/mol. The maximum atomic E-state index is 13.0. The number of carbonyl (C=O) groups excluding carboxylic acids is 2. The van der Waals surface area contributed by atoms with Crippen molar-refractivity contribution >= 4 is 33.4 Å². The summed E-state index contributed by atoms with van der Waals surface area (Å²) in [7, 11) is 0. The number of thiazole rings is 1. The molecule has 3 aromatic rings. The van der Waals surface area contributed by atoms with Crippen LogP contribution in [0.2, 0.25) is 0 Å². The van der Waals surface area contributed by atoms with E-state index in [1.54, 1.807) is 31.2 Å². The number of hydrogen-bond acceptors (Lipinski definition) is 4. The van der Waals surface area contributed by atoms with Gasteiger partial charge in [0, 0.05) is 6.54 Å². The Morgan fingerprint density at radius 1 is 1.15 bits per heavy atom. The van der Waals surface area contributed by atoms with E-state index in [1.165, 1.54) is 23.5 Å². The van der Waals surface area contributed by atoms with E-state index in [0.29, 0.717) is 29.1 Å². The van der Waals surface area contributed by atoms with E-state index in [0.717, 1.165) is 10.2 Å². The summed E-state index contributed by atoms with van der Waals surface area (Å²) in [6.07, 6.45) is 0.103. The van der Waals surface area contributed by atoms with Crippen LogP contribution in [0.25, 0.3) is 10.2 Å². The van der Waals surface area contributed by atoms with E-state index in [2.05, 4.69) is 4.99 Å². The van der Waals surface area contributed by atoms with E-state index in [9.17, 15) is 14.0 Å². The van der Waals surface area contributed by atoms with Gasteiger partial charge in [0.15, 0.2) is 4.80 Å². The number of ether oxygens (including phenoxy) is 1. The number of esters is 1. The van der Waals surface area contributed by atoms with E-state index in [-0.39, 0.29) is 24.1 Å². The number of amides is 1. The van der Waals surface area contributed by atoms with Crippen LogP contribution in [-0.2, 0) is 22.5 Å². The lowest BCUT2D eigenvalue weighted by Crippen LogP contribution is -2.16. The molecule has 1 amide bonds. The lowest BCUT2D eigenvalue weighted by molar-refractivity contribution is -0.117. The Labute approximate surface area is 159 Å². The van der Waals surface area contributed by atoms with E-state index < -0.39 is 0 Å². The Kier molecular flexibility index (Phi) is 5.81. The molecular formula is C20H19FN2O3S. The molecule has 140 valence electrons. The van der Waals surface area contributed by atoms with Crippen LogP contribution >= 0.6 is 11.3 Å². The number of fused-ring (bicyclic) bond motifs is 1. The minimum absolute atomic E-state index is 0.103. The van der Waals surface area contributed by atoms with Crippen molar-refractivity contribution in [2.75, 3.05) is 6.61 Å². The van der Waals surface area contributed by atoms with Gasteiger partial charge in [-0.2, -0.15) is 4.99 Å². The summed E-state index contributed by atoms with van der Waals surface area (Å²) in [5.41, 5.74) is 2.08. The van der Waals surface area contributed by atoms with Crippen molar-refractivity contribution in [3.05, 3.63) is 64.2 Å². The summed E-state index contributed by atoms with van der Waals surface area (Å²) in [5, 5.41) is 0. The number of halogens is 1. The third kappa shape index (κ3) is 4.31. The molecule has 0 bridgehead atoms. The van der Waals surface area contributed by atoms with Crippen molar-refractivity contribution in [3.63, 3.8) is 0 Å². The molecule has 0 radical (unpaired) electrons. The van der Waals surface area contributed by atoms with Crippen molar-refractivity contribution in [2.45, 2.75) is 26.8 Å². The summed E-state index contributed by atoms with van der Waals surface area (Å²) in [6.45, 7) is 4.68. The molecule has 0 N–H and O–H groups in total. The normalized spacial score (nSPS) is 11.7. The zero-order valence-corrected chi connectivity index (χ0v) is 15.9. The van der Waals surface area contributed by atoms with Crippen LogP contribution in [0.3, 0.4) is 0 Å². The van der Waals surface area contributed by atoms with Gasteiger partial charge in [-0.05, 0) is 49.7 Å². The number of aryl methyl sites for hydroxylation is 1. The fourth-order valence-electron chi connectivity index (χ4n) is 2.73. The van der Waals surface area contributed by atoms with Crippen molar-refractivity contribution in [1.82, 2.24) is 4.57 Å². The lowest BCUT2D eigenvalue weighted by atomic mass is 10.1. The van der Waals surface area contributed by atoms with Crippen LogP contribution in [0.4, 0.5) is 4.39 Å². The first-order valence-corrected chi connectivity index (χ1v) is 9.46. The molecule has 3 rings (SSSR count). The second kappa shape index (κ2) is 8.26. The Morgan fingerprint density at radius 3 is 2.56 bits per heavy atom. The highest BCUT2D eigenvalue weighted by atomic mass is 32.1. The average Bonchev–Trinajstić information content (AvgIpc) is 2.99. The summed E-state index contributed by atoms with van der Waals surface area (Å²) in [4.78, 5) is 29.1. The summed E-state index contributed by atoms with van der Waals surface area (Å²) in [5.74, 6) is -1.02. The third-order valence-corrected chi connectivity index (χ3v) is 5.04. The molecule has 1 heterocycles. The van der Waals surface area contributed by atoms with Gasteiger partial charge in [-0.15, -0.1) is 0 Å². The summed E-state index contributed by atoms with van der Waals surface area (Å²) >= 11 is 1.35. The van der Waals surface area contributed by atoms with Gasteiger partial charge in [0.2, 0.25) is 0 Å². The zero-order valence-electron chi connectivity index (χ0n) is 15.1. The molecule has 27 heavy (non-hydrogen) atoms. The van der Waals surface area contributed by atoms with Gasteiger partial charge in [0.05, 0.1) is 28.8 Å². The smallest absolute Gasteiger partial charge is 0.338 e. The van der Waals surface area contributed by atoms with Crippen LogP contribution in [0.15, 0.2) is 47.5 Å². The number of rotatable bonds is 5. The average molecular weight is 386 g/mol. The van der Waals surface area contributed by atoms with Gasteiger partial charge in [-0.1, -0.05) is 23.5 Å². The highest BCUT2D eigenvalue weighted by Gasteiger charge is 2.12. The molecule has 0 spiro atoms. The van der Waals surface area contributed by atoms with Crippen LogP contribution in [-0.4, -0.2) is 23.1 Å². The highest BCUT2D eigenvalue weighted by Crippen LogP contribution is 2.20. The Bertz CT molecular complexity index is 1050. The maximum absolute atomic E-state index is 13.0. The molecule has 0 saturated carbocycles. The van der Waals surface area contributed by atoms with Gasteiger partial charge in [0.1, 0.15) is 5.82 Å². The van der Waals surface area contributed by atoms with E-state index >= 15 is 0 Å². The molecule has 1 aromatic heterocycles. The second-order valence-electron chi connectivity index (χ2n) is 5.84. The fraction of sp³-hybridized carbons (Fsp3) is 0.250.